The average Bonchev–Trinajstić information content (AvgIpc) is 2.50. The molecule has 0 saturated heterocycles. The number of nitrogens with one attached hydrogen (secondary N) is 1. The van der Waals surface area contributed by atoms with Crippen molar-refractivity contribution in [2.45, 2.75) is 47.0 Å². The molecule has 0 aliphatic heterocycles. The molecule has 1 N–H and O–H groups in total. The topological polar surface area (TPSA) is 28.7 Å². The smallest absolute Gasteiger partial charge is 0.142 e. The van der Waals surface area contributed by atoms with Crippen LogP contribution in [0.15, 0.2) is 0 Å². The van der Waals surface area contributed by atoms with Crippen LogP contribution in [-0.2, 0) is 5.41 Å². The van der Waals surface area contributed by atoms with Crippen molar-refractivity contribution in [2.75, 3.05) is 0 Å². The van der Waals surface area contributed by atoms with Crippen molar-refractivity contribution < 1.29 is 0 Å². The third-order valence-electron chi connectivity index (χ3n) is 3.68. The SMILES string of the molecule is Bc1c(C)nc2[nH]c(C)c(C(C)(C)C)c2c1C. The molecular formula is C14H21BN2. The van der Waals surface area contributed by atoms with Crippen LogP contribution >= 0.6 is 0 Å². The summed E-state index contributed by atoms with van der Waals surface area (Å²) in [5.41, 5.74) is 7.62. The van der Waals surface area contributed by atoms with Crippen molar-refractivity contribution in [3.63, 3.8) is 0 Å². The van der Waals surface area contributed by atoms with Gasteiger partial charge in [0.15, 0.2) is 0 Å². The molecule has 0 atom stereocenters. The Balaban J connectivity index is 2.96. The van der Waals surface area contributed by atoms with E-state index in [1.165, 1.54) is 27.7 Å². The fraction of sp³-hybridized carbons (Fsp3) is 0.500. The van der Waals surface area contributed by atoms with Gasteiger partial charge in [-0.1, -0.05) is 26.2 Å². The summed E-state index contributed by atoms with van der Waals surface area (Å²) in [4.78, 5) is 8.11. The minimum Gasteiger partial charge on any atom is -0.343 e. The lowest BCUT2D eigenvalue weighted by molar-refractivity contribution is 0.591. The summed E-state index contributed by atoms with van der Waals surface area (Å²) in [6.45, 7) is 13.2. The number of aromatic nitrogens is 2. The average molecular weight is 228 g/mol. The van der Waals surface area contributed by atoms with E-state index in [-0.39, 0.29) is 5.41 Å². The van der Waals surface area contributed by atoms with Crippen molar-refractivity contribution in [1.82, 2.24) is 9.97 Å². The predicted molar refractivity (Wildman–Crippen MR) is 77.2 cm³/mol. The van der Waals surface area contributed by atoms with Gasteiger partial charge in [0.25, 0.3) is 0 Å². The van der Waals surface area contributed by atoms with Gasteiger partial charge in [-0.05, 0) is 37.3 Å². The number of hydrogen-bond acceptors (Lipinski definition) is 1. The molecule has 2 nitrogen and oxygen atoms in total. The summed E-state index contributed by atoms with van der Waals surface area (Å²) in [6.07, 6.45) is 0. The predicted octanol–water partition coefficient (Wildman–Crippen LogP) is 2.04. The van der Waals surface area contributed by atoms with E-state index in [1.807, 2.05) is 0 Å². The number of nitrogens with zero attached hydrogens (tertiary/aromatic N) is 1. The van der Waals surface area contributed by atoms with E-state index in [1.54, 1.807) is 0 Å². The molecule has 2 rings (SSSR count). The zero-order valence-electron chi connectivity index (χ0n) is 11.9. The Labute approximate surface area is 104 Å². The van der Waals surface area contributed by atoms with E-state index < -0.39 is 0 Å². The van der Waals surface area contributed by atoms with Crippen molar-refractivity contribution in [3.8, 4) is 0 Å². The molecule has 0 aliphatic rings. The van der Waals surface area contributed by atoms with Gasteiger partial charge in [0.1, 0.15) is 13.5 Å². The van der Waals surface area contributed by atoms with Gasteiger partial charge in [0.05, 0.1) is 0 Å². The molecule has 2 heterocycles. The maximum atomic E-state index is 4.68. The van der Waals surface area contributed by atoms with Gasteiger partial charge < -0.3 is 4.98 Å². The molecule has 90 valence electrons. The van der Waals surface area contributed by atoms with Crippen molar-refractivity contribution in [1.29, 1.82) is 0 Å². The van der Waals surface area contributed by atoms with Gasteiger partial charge in [-0.3, -0.25) is 0 Å². The zero-order valence-corrected chi connectivity index (χ0v) is 11.9. The van der Waals surface area contributed by atoms with Crippen LogP contribution in [0.25, 0.3) is 11.0 Å². The third-order valence-corrected chi connectivity index (χ3v) is 3.68. The molecule has 3 heteroatoms. The molecule has 17 heavy (non-hydrogen) atoms. The van der Waals surface area contributed by atoms with E-state index in [0.717, 1.165) is 11.3 Å². The summed E-state index contributed by atoms with van der Waals surface area (Å²) in [7, 11) is 2.16. The highest BCUT2D eigenvalue weighted by Crippen LogP contribution is 2.33. The number of aryl methyl sites for hydroxylation is 3. The van der Waals surface area contributed by atoms with E-state index in [4.69, 9.17) is 0 Å². The minimum atomic E-state index is 0.149. The van der Waals surface area contributed by atoms with Gasteiger partial charge in [0.2, 0.25) is 0 Å². The Bertz CT molecular complexity index is 589. The second-order valence-corrected chi connectivity index (χ2v) is 6.05. The lowest BCUT2D eigenvalue weighted by atomic mass is 9.81. The van der Waals surface area contributed by atoms with Crippen LogP contribution in [0.3, 0.4) is 0 Å². The number of fused-ring (bicyclic) bond motifs is 1. The number of rotatable bonds is 0. The second kappa shape index (κ2) is 3.62. The maximum absolute atomic E-state index is 4.68. The molecule has 0 saturated carbocycles. The lowest BCUT2D eigenvalue weighted by Gasteiger charge is -2.20. The summed E-state index contributed by atoms with van der Waals surface area (Å²) in [5, 5.41) is 1.32. The van der Waals surface area contributed by atoms with E-state index in [2.05, 4.69) is 59.4 Å². The lowest BCUT2D eigenvalue weighted by Crippen LogP contribution is -2.17. The molecule has 0 amide bonds. The fourth-order valence-corrected chi connectivity index (χ4v) is 2.71. The fourth-order valence-electron chi connectivity index (χ4n) is 2.71. The number of aromatic amines is 1. The summed E-state index contributed by atoms with van der Waals surface area (Å²) in [6, 6.07) is 0. The Morgan fingerprint density at radius 1 is 1.12 bits per heavy atom. The summed E-state index contributed by atoms with van der Waals surface area (Å²) in [5.74, 6) is 0. The number of H-pyrrole nitrogens is 1. The monoisotopic (exact) mass is 228 g/mol. The quantitative estimate of drug-likeness (QED) is 0.687. The van der Waals surface area contributed by atoms with Gasteiger partial charge in [0, 0.05) is 16.8 Å². The third kappa shape index (κ3) is 1.78. The maximum Gasteiger partial charge on any atom is 0.142 e. The number of hydrogen-bond donors (Lipinski definition) is 1. The molecule has 0 fully saturated rings. The highest BCUT2D eigenvalue weighted by molar-refractivity contribution is 6.35. The molecule has 0 aromatic carbocycles. The van der Waals surface area contributed by atoms with Gasteiger partial charge >= 0.3 is 0 Å². The summed E-state index contributed by atoms with van der Waals surface area (Å²) >= 11 is 0. The van der Waals surface area contributed by atoms with Crippen LogP contribution in [-0.4, -0.2) is 17.8 Å². The zero-order chi connectivity index (χ0) is 13.0. The molecule has 2 aromatic heterocycles. The van der Waals surface area contributed by atoms with Crippen LogP contribution < -0.4 is 5.46 Å². The van der Waals surface area contributed by atoms with E-state index in [0.29, 0.717) is 0 Å². The molecule has 2 aromatic rings. The van der Waals surface area contributed by atoms with Crippen LogP contribution in [0, 0.1) is 20.8 Å². The Morgan fingerprint density at radius 3 is 2.24 bits per heavy atom. The molecule has 0 aliphatic carbocycles. The molecule has 0 spiro atoms. The van der Waals surface area contributed by atoms with Crippen molar-refractivity contribution >= 4 is 24.3 Å². The first-order valence-corrected chi connectivity index (χ1v) is 6.20. The standard InChI is InChI=1S/C14H21BN2/c1-7-10-11(14(4,5)6)8(2)16-13(10)17-9(3)12(7)15/h15H2,1-6H3,(H,16,17). The molecule has 0 bridgehead atoms. The highest BCUT2D eigenvalue weighted by Gasteiger charge is 2.23. The minimum absolute atomic E-state index is 0.149. The Hall–Kier alpha value is -1.25. The van der Waals surface area contributed by atoms with E-state index >= 15 is 0 Å². The molecule has 0 radical (unpaired) electrons. The number of pyridine rings is 1. The first kappa shape index (κ1) is 12.2. The van der Waals surface area contributed by atoms with Crippen LogP contribution in [0.5, 0.6) is 0 Å². The van der Waals surface area contributed by atoms with Crippen LogP contribution in [0.4, 0.5) is 0 Å². The van der Waals surface area contributed by atoms with Crippen LogP contribution in [0.1, 0.15) is 43.3 Å². The molecule has 0 unspecified atom stereocenters. The first-order valence-electron chi connectivity index (χ1n) is 6.20. The second-order valence-electron chi connectivity index (χ2n) is 6.05. The Kier molecular flexibility index (Phi) is 2.60. The summed E-state index contributed by atoms with van der Waals surface area (Å²) < 4.78 is 0. The van der Waals surface area contributed by atoms with Crippen molar-refractivity contribution in [2.24, 2.45) is 0 Å². The van der Waals surface area contributed by atoms with Gasteiger partial charge in [-0.2, -0.15) is 0 Å². The molecular weight excluding hydrogens is 207 g/mol. The normalized spacial score (nSPS) is 12.4. The van der Waals surface area contributed by atoms with Gasteiger partial charge in [-0.15, -0.1) is 0 Å². The largest absolute Gasteiger partial charge is 0.343 e. The Morgan fingerprint density at radius 2 is 1.71 bits per heavy atom. The first-order chi connectivity index (χ1) is 7.73. The van der Waals surface area contributed by atoms with Crippen LogP contribution in [0.2, 0.25) is 0 Å². The van der Waals surface area contributed by atoms with Gasteiger partial charge in [-0.25, -0.2) is 4.98 Å². The van der Waals surface area contributed by atoms with Crippen molar-refractivity contribution in [3.05, 3.63) is 22.5 Å². The van der Waals surface area contributed by atoms with E-state index in [9.17, 15) is 0 Å². The highest BCUT2D eigenvalue weighted by atomic mass is 14.9.